The minimum atomic E-state index is -1.14. The van der Waals surface area contributed by atoms with Gasteiger partial charge in [0.05, 0.1) is 5.56 Å². The van der Waals surface area contributed by atoms with E-state index in [1.807, 2.05) is 0 Å². The third kappa shape index (κ3) is 1.72. The van der Waals surface area contributed by atoms with Gasteiger partial charge in [0.15, 0.2) is 6.23 Å². The molecular weight excluding hydrogens is 260 g/mol. The van der Waals surface area contributed by atoms with Crippen molar-refractivity contribution in [3.05, 3.63) is 34.9 Å². The fourth-order valence-corrected chi connectivity index (χ4v) is 2.85. The van der Waals surface area contributed by atoms with E-state index in [2.05, 4.69) is 5.32 Å². The molecule has 0 aliphatic carbocycles. The van der Waals surface area contributed by atoms with Crippen molar-refractivity contribution in [2.45, 2.75) is 32.0 Å². The van der Waals surface area contributed by atoms with Crippen LogP contribution in [-0.4, -0.2) is 33.8 Å². The van der Waals surface area contributed by atoms with Gasteiger partial charge in [-0.2, -0.15) is 0 Å². The lowest BCUT2D eigenvalue weighted by Crippen LogP contribution is -2.53. The maximum absolute atomic E-state index is 12.5. The van der Waals surface area contributed by atoms with Crippen molar-refractivity contribution >= 4 is 17.7 Å². The van der Waals surface area contributed by atoms with E-state index in [1.165, 1.54) is 4.90 Å². The molecule has 6 heteroatoms. The number of aliphatic hydroxyl groups is 1. The van der Waals surface area contributed by atoms with Crippen molar-refractivity contribution in [2.75, 3.05) is 0 Å². The van der Waals surface area contributed by atoms with Crippen molar-refractivity contribution in [1.29, 1.82) is 0 Å². The van der Waals surface area contributed by atoms with Gasteiger partial charge in [-0.3, -0.25) is 24.6 Å². The van der Waals surface area contributed by atoms with Gasteiger partial charge in [0.2, 0.25) is 11.8 Å². The summed E-state index contributed by atoms with van der Waals surface area (Å²) in [6.07, 6.45) is -0.732. The summed E-state index contributed by atoms with van der Waals surface area (Å²) in [5, 5.41) is 12.5. The van der Waals surface area contributed by atoms with E-state index in [9.17, 15) is 19.5 Å². The van der Waals surface area contributed by atoms with Gasteiger partial charge < -0.3 is 5.11 Å². The van der Waals surface area contributed by atoms with E-state index in [1.54, 1.807) is 25.1 Å². The molecule has 2 N–H and O–H groups in total. The Morgan fingerprint density at radius 2 is 2.05 bits per heavy atom. The summed E-state index contributed by atoms with van der Waals surface area (Å²) < 4.78 is 0. The van der Waals surface area contributed by atoms with Gasteiger partial charge in [0, 0.05) is 12.0 Å². The van der Waals surface area contributed by atoms with E-state index in [0.717, 1.165) is 5.56 Å². The SMILES string of the molecule is Cc1cccc2c1C(=O)N(C1CCC(=O)NC1=O)C2O. The molecule has 0 bridgehead atoms. The Labute approximate surface area is 115 Å². The molecule has 0 spiro atoms. The molecule has 1 aromatic carbocycles. The Bertz CT molecular complexity index is 626. The molecule has 6 nitrogen and oxygen atoms in total. The van der Waals surface area contributed by atoms with Crippen LogP contribution in [0.2, 0.25) is 0 Å². The first-order valence-corrected chi connectivity index (χ1v) is 6.44. The first-order chi connectivity index (χ1) is 9.50. The highest BCUT2D eigenvalue weighted by atomic mass is 16.3. The minimum absolute atomic E-state index is 0.169. The molecular formula is C14H14N2O4. The van der Waals surface area contributed by atoms with Crippen LogP contribution >= 0.6 is 0 Å². The predicted octanol–water partition coefficient (Wildman–Crippen LogP) is 0.247. The smallest absolute Gasteiger partial charge is 0.257 e. The Balaban J connectivity index is 1.98. The fraction of sp³-hybridized carbons (Fsp3) is 0.357. The topological polar surface area (TPSA) is 86.7 Å². The van der Waals surface area contributed by atoms with Gasteiger partial charge in [-0.05, 0) is 18.9 Å². The van der Waals surface area contributed by atoms with Crippen molar-refractivity contribution in [1.82, 2.24) is 10.2 Å². The molecule has 0 saturated carbocycles. The monoisotopic (exact) mass is 274 g/mol. The van der Waals surface area contributed by atoms with E-state index >= 15 is 0 Å². The number of fused-ring (bicyclic) bond motifs is 1. The fourth-order valence-electron chi connectivity index (χ4n) is 2.85. The number of benzene rings is 1. The molecule has 0 radical (unpaired) electrons. The number of aryl methyl sites for hydroxylation is 1. The van der Waals surface area contributed by atoms with Gasteiger partial charge in [0.1, 0.15) is 6.04 Å². The highest BCUT2D eigenvalue weighted by molar-refractivity contribution is 6.06. The Morgan fingerprint density at radius 3 is 2.70 bits per heavy atom. The van der Waals surface area contributed by atoms with Crippen LogP contribution in [0.4, 0.5) is 0 Å². The van der Waals surface area contributed by atoms with Crippen molar-refractivity contribution < 1.29 is 19.5 Å². The lowest BCUT2D eigenvalue weighted by Gasteiger charge is -2.31. The van der Waals surface area contributed by atoms with Gasteiger partial charge in [-0.15, -0.1) is 0 Å². The average molecular weight is 274 g/mol. The zero-order chi connectivity index (χ0) is 14.4. The minimum Gasteiger partial charge on any atom is -0.369 e. The second kappa shape index (κ2) is 4.42. The Morgan fingerprint density at radius 1 is 1.30 bits per heavy atom. The second-order valence-corrected chi connectivity index (χ2v) is 5.09. The number of rotatable bonds is 1. The summed E-state index contributed by atoms with van der Waals surface area (Å²) in [7, 11) is 0. The van der Waals surface area contributed by atoms with Crippen molar-refractivity contribution in [2.24, 2.45) is 0 Å². The van der Waals surface area contributed by atoms with E-state index in [4.69, 9.17) is 0 Å². The molecule has 104 valence electrons. The summed E-state index contributed by atoms with van der Waals surface area (Å²) >= 11 is 0. The number of piperidine rings is 1. The van der Waals surface area contributed by atoms with Gasteiger partial charge in [0.25, 0.3) is 5.91 Å². The van der Waals surface area contributed by atoms with Crippen LogP contribution in [0.25, 0.3) is 0 Å². The highest BCUT2D eigenvalue weighted by Crippen LogP contribution is 2.36. The summed E-state index contributed by atoms with van der Waals surface area (Å²) in [4.78, 5) is 36.7. The molecule has 2 atom stereocenters. The standard InChI is InChI=1S/C14H14N2O4/c1-7-3-2-4-8-11(7)14(20)16(13(8)19)9-5-6-10(17)15-12(9)18/h2-4,9,13,19H,5-6H2,1H3,(H,15,17,18). The summed E-state index contributed by atoms with van der Waals surface area (Å²) in [6.45, 7) is 1.79. The third-order valence-electron chi connectivity index (χ3n) is 3.84. The number of hydrogen-bond donors (Lipinski definition) is 2. The van der Waals surface area contributed by atoms with Crippen LogP contribution < -0.4 is 5.32 Å². The van der Waals surface area contributed by atoms with Gasteiger partial charge in [-0.25, -0.2) is 0 Å². The molecule has 0 aromatic heterocycles. The van der Waals surface area contributed by atoms with Crippen LogP contribution in [0.15, 0.2) is 18.2 Å². The van der Waals surface area contributed by atoms with Gasteiger partial charge in [-0.1, -0.05) is 18.2 Å². The number of hydrogen-bond acceptors (Lipinski definition) is 4. The number of carbonyl (C=O) groups excluding carboxylic acids is 3. The first-order valence-electron chi connectivity index (χ1n) is 6.44. The maximum atomic E-state index is 12.5. The van der Waals surface area contributed by atoms with E-state index < -0.39 is 18.2 Å². The molecule has 1 aromatic rings. The molecule has 1 saturated heterocycles. The molecule has 2 heterocycles. The predicted molar refractivity (Wildman–Crippen MR) is 68.5 cm³/mol. The lowest BCUT2D eigenvalue weighted by atomic mass is 10.0. The Hall–Kier alpha value is -2.21. The van der Waals surface area contributed by atoms with E-state index in [-0.39, 0.29) is 24.7 Å². The lowest BCUT2D eigenvalue weighted by molar-refractivity contribution is -0.139. The molecule has 20 heavy (non-hydrogen) atoms. The molecule has 3 rings (SSSR count). The number of nitrogens with zero attached hydrogens (tertiary/aromatic N) is 1. The van der Waals surface area contributed by atoms with Gasteiger partial charge >= 0.3 is 0 Å². The normalized spacial score (nSPS) is 25.7. The summed E-state index contributed by atoms with van der Waals surface area (Å²) in [5.41, 5.74) is 1.73. The quantitative estimate of drug-likeness (QED) is 0.719. The molecule has 2 aliphatic heterocycles. The maximum Gasteiger partial charge on any atom is 0.257 e. The zero-order valence-corrected chi connectivity index (χ0v) is 10.9. The molecule has 3 amide bonds. The largest absolute Gasteiger partial charge is 0.369 e. The van der Waals surface area contributed by atoms with Crippen molar-refractivity contribution in [3.8, 4) is 0 Å². The molecule has 1 fully saturated rings. The number of imide groups is 1. The number of amides is 3. The number of nitrogens with one attached hydrogen (secondary N) is 1. The van der Waals surface area contributed by atoms with Crippen LogP contribution in [-0.2, 0) is 9.59 Å². The first kappa shape index (κ1) is 12.8. The van der Waals surface area contributed by atoms with Crippen LogP contribution in [0, 0.1) is 6.92 Å². The Kier molecular flexibility index (Phi) is 2.83. The van der Waals surface area contributed by atoms with Crippen LogP contribution in [0.1, 0.15) is 40.6 Å². The second-order valence-electron chi connectivity index (χ2n) is 5.09. The van der Waals surface area contributed by atoms with Crippen LogP contribution in [0.3, 0.4) is 0 Å². The number of aliphatic hydroxyl groups excluding tert-OH is 1. The van der Waals surface area contributed by atoms with E-state index in [0.29, 0.717) is 11.1 Å². The summed E-state index contributed by atoms with van der Waals surface area (Å²) in [5.74, 6) is -1.24. The number of carbonyl (C=O) groups is 3. The molecule has 2 aliphatic rings. The highest BCUT2D eigenvalue weighted by Gasteiger charge is 2.44. The van der Waals surface area contributed by atoms with Crippen LogP contribution in [0.5, 0.6) is 0 Å². The average Bonchev–Trinajstić information content (AvgIpc) is 2.64. The van der Waals surface area contributed by atoms with Crippen molar-refractivity contribution in [3.63, 3.8) is 0 Å². The third-order valence-corrected chi connectivity index (χ3v) is 3.84. The zero-order valence-electron chi connectivity index (χ0n) is 10.9. The summed E-state index contributed by atoms with van der Waals surface area (Å²) in [6, 6.07) is 4.43. The molecule has 2 unspecified atom stereocenters.